The van der Waals surface area contributed by atoms with Gasteiger partial charge in [-0.15, -0.1) is 0 Å². The van der Waals surface area contributed by atoms with Gasteiger partial charge in [-0.25, -0.2) is 0 Å². The fraction of sp³-hybridized carbons (Fsp3) is 0.333. The molecular weight excluding hydrogens is 312 g/mol. The SMILES string of the molecule is CC(C)c1ccc(C2C(=O)NCCN2C(=O)Cc2ccccc2)cc1. The molecular formula is C21H24N2O2. The van der Waals surface area contributed by atoms with Crippen LogP contribution in [0.5, 0.6) is 0 Å². The zero-order valence-electron chi connectivity index (χ0n) is 14.7. The number of nitrogens with zero attached hydrogens (tertiary/aromatic N) is 1. The summed E-state index contributed by atoms with van der Waals surface area (Å²) in [4.78, 5) is 27.0. The van der Waals surface area contributed by atoms with Crippen molar-refractivity contribution < 1.29 is 9.59 Å². The molecule has 0 radical (unpaired) electrons. The number of rotatable bonds is 4. The van der Waals surface area contributed by atoms with Gasteiger partial charge in [0, 0.05) is 13.1 Å². The summed E-state index contributed by atoms with van der Waals surface area (Å²) in [6, 6.07) is 17.1. The van der Waals surface area contributed by atoms with E-state index in [-0.39, 0.29) is 11.8 Å². The Bertz CT molecular complexity index is 738. The van der Waals surface area contributed by atoms with Crippen LogP contribution >= 0.6 is 0 Å². The van der Waals surface area contributed by atoms with Crippen molar-refractivity contribution in [2.24, 2.45) is 0 Å². The first-order valence-electron chi connectivity index (χ1n) is 8.77. The van der Waals surface area contributed by atoms with Crippen molar-refractivity contribution in [3.8, 4) is 0 Å². The second-order valence-electron chi connectivity index (χ2n) is 6.76. The molecule has 1 unspecified atom stereocenters. The minimum atomic E-state index is -0.550. The third-order valence-electron chi connectivity index (χ3n) is 4.65. The number of hydrogen-bond acceptors (Lipinski definition) is 2. The summed E-state index contributed by atoms with van der Waals surface area (Å²) in [5, 5.41) is 2.88. The summed E-state index contributed by atoms with van der Waals surface area (Å²) in [6.45, 7) is 5.31. The third-order valence-corrected chi connectivity index (χ3v) is 4.65. The lowest BCUT2D eigenvalue weighted by Crippen LogP contribution is -2.52. The Labute approximate surface area is 148 Å². The fourth-order valence-electron chi connectivity index (χ4n) is 3.20. The maximum Gasteiger partial charge on any atom is 0.247 e. The van der Waals surface area contributed by atoms with Crippen LogP contribution in [0.4, 0.5) is 0 Å². The van der Waals surface area contributed by atoms with Crippen LogP contribution < -0.4 is 5.32 Å². The molecule has 130 valence electrons. The molecule has 1 saturated heterocycles. The second-order valence-corrected chi connectivity index (χ2v) is 6.76. The molecule has 25 heavy (non-hydrogen) atoms. The van der Waals surface area contributed by atoms with Crippen LogP contribution in [0, 0.1) is 0 Å². The molecule has 0 bridgehead atoms. The maximum atomic E-state index is 12.8. The molecule has 2 amide bonds. The molecule has 1 atom stereocenters. The van der Waals surface area contributed by atoms with Crippen molar-refractivity contribution in [3.63, 3.8) is 0 Å². The maximum absolute atomic E-state index is 12.8. The first kappa shape index (κ1) is 17.2. The van der Waals surface area contributed by atoms with Gasteiger partial charge in [-0.1, -0.05) is 68.4 Å². The molecule has 0 aliphatic carbocycles. The van der Waals surface area contributed by atoms with Crippen molar-refractivity contribution in [3.05, 3.63) is 71.3 Å². The van der Waals surface area contributed by atoms with E-state index in [9.17, 15) is 9.59 Å². The van der Waals surface area contributed by atoms with E-state index in [0.29, 0.717) is 25.4 Å². The average Bonchev–Trinajstić information content (AvgIpc) is 2.62. The Morgan fingerprint density at radius 2 is 1.80 bits per heavy atom. The molecule has 4 nitrogen and oxygen atoms in total. The minimum Gasteiger partial charge on any atom is -0.352 e. The van der Waals surface area contributed by atoms with E-state index in [4.69, 9.17) is 0 Å². The van der Waals surface area contributed by atoms with Gasteiger partial charge in [0.15, 0.2) is 0 Å². The van der Waals surface area contributed by atoms with E-state index in [1.807, 2.05) is 54.6 Å². The molecule has 1 heterocycles. The Kier molecular flexibility index (Phi) is 5.17. The van der Waals surface area contributed by atoms with Gasteiger partial charge < -0.3 is 10.2 Å². The lowest BCUT2D eigenvalue weighted by atomic mass is 9.96. The summed E-state index contributed by atoms with van der Waals surface area (Å²) >= 11 is 0. The van der Waals surface area contributed by atoms with E-state index in [1.165, 1.54) is 5.56 Å². The fourth-order valence-corrected chi connectivity index (χ4v) is 3.20. The lowest BCUT2D eigenvalue weighted by molar-refractivity contribution is -0.143. The van der Waals surface area contributed by atoms with Gasteiger partial charge in [0.1, 0.15) is 6.04 Å². The quantitative estimate of drug-likeness (QED) is 0.933. The van der Waals surface area contributed by atoms with Crippen LogP contribution in [-0.4, -0.2) is 29.8 Å². The largest absolute Gasteiger partial charge is 0.352 e. The summed E-state index contributed by atoms with van der Waals surface area (Å²) < 4.78 is 0. The molecule has 1 aliphatic rings. The molecule has 0 spiro atoms. The highest BCUT2D eigenvalue weighted by molar-refractivity contribution is 5.90. The number of hydrogen-bond donors (Lipinski definition) is 1. The third kappa shape index (κ3) is 3.90. The van der Waals surface area contributed by atoms with Gasteiger partial charge in [0.05, 0.1) is 6.42 Å². The zero-order chi connectivity index (χ0) is 17.8. The molecule has 1 N–H and O–H groups in total. The molecule has 2 aromatic rings. The standard InChI is InChI=1S/C21H24N2O2/c1-15(2)17-8-10-18(11-9-17)20-21(25)22-12-13-23(20)19(24)14-16-6-4-3-5-7-16/h3-11,15,20H,12-14H2,1-2H3,(H,22,25). The Hall–Kier alpha value is -2.62. The molecule has 4 heteroatoms. The highest BCUT2D eigenvalue weighted by Crippen LogP contribution is 2.26. The normalized spacial score (nSPS) is 17.5. The van der Waals surface area contributed by atoms with Gasteiger partial charge in [0.2, 0.25) is 11.8 Å². The molecule has 3 rings (SSSR count). The Morgan fingerprint density at radius 1 is 1.12 bits per heavy atom. The number of carbonyl (C=O) groups excluding carboxylic acids is 2. The van der Waals surface area contributed by atoms with Gasteiger partial charge in [0.25, 0.3) is 0 Å². The molecule has 0 aromatic heterocycles. The Morgan fingerprint density at radius 3 is 2.44 bits per heavy atom. The summed E-state index contributed by atoms with van der Waals surface area (Å²) in [6.07, 6.45) is 0.314. The highest BCUT2D eigenvalue weighted by atomic mass is 16.2. The van der Waals surface area contributed by atoms with Crippen LogP contribution in [0.15, 0.2) is 54.6 Å². The predicted molar refractivity (Wildman–Crippen MR) is 98.1 cm³/mol. The van der Waals surface area contributed by atoms with Gasteiger partial charge in [-0.3, -0.25) is 9.59 Å². The van der Waals surface area contributed by atoms with Gasteiger partial charge in [-0.05, 0) is 22.6 Å². The summed E-state index contributed by atoms with van der Waals surface area (Å²) in [5.41, 5.74) is 3.05. The first-order chi connectivity index (χ1) is 12.1. The van der Waals surface area contributed by atoms with Crippen molar-refractivity contribution in [1.29, 1.82) is 0 Å². The van der Waals surface area contributed by atoms with Crippen molar-refractivity contribution in [2.45, 2.75) is 32.2 Å². The molecule has 2 aromatic carbocycles. The predicted octanol–water partition coefficient (Wildman–Crippen LogP) is 3.05. The average molecular weight is 336 g/mol. The van der Waals surface area contributed by atoms with Gasteiger partial charge >= 0.3 is 0 Å². The molecule has 0 saturated carbocycles. The zero-order valence-corrected chi connectivity index (χ0v) is 14.7. The van der Waals surface area contributed by atoms with Crippen LogP contribution in [-0.2, 0) is 16.0 Å². The van der Waals surface area contributed by atoms with Crippen molar-refractivity contribution in [2.75, 3.05) is 13.1 Å². The monoisotopic (exact) mass is 336 g/mol. The van der Waals surface area contributed by atoms with Crippen LogP contribution in [0.25, 0.3) is 0 Å². The number of carbonyl (C=O) groups is 2. The smallest absolute Gasteiger partial charge is 0.247 e. The van der Waals surface area contributed by atoms with Crippen LogP contribution in [0.1, 0.15) is 42.5 Å². The van der Waals surface area contributed by atoms with Crippen molar-refractivity contribution >= 4 is 11.8 Å². The van der Waals surface area contributed by atoms with E-state index in [2.05, 4.69) is 19.2 Å². The van der Waals surface area contributed by atoms with E-state index in [0.717, 1.165) is 11.1 Å². The topological polar surface area (TPSA) is 49.4 Å². The second kappa shape index (κ2) is 7.51. The van der Waals surface area contributed by atoms with Crippen LogP contribution in [0.2, 0.25) is 0 Å². The number of piperazine rings is 1. The van der Waals surface area contributed by atoms with E-state index in [1.54, 1.807) is 4.90 Å². The number of nitrogens with one attached hydrogen (secondary N) is 1. The molecule has 1 aliphatic heterocycles. The Balaban J connectivity index is 1.83. The molecule has 1 fully saturated rings. The van der Waals surface area contributed by atoms with Gasteiger partial charge in [-0.2, -0.15) is 0 Å². The minimum absolute atomic E-state index is 0.0148. The number of benzene rings is 2. The summed E-state index contributed by atoms with van der Waals surface area (Å²) in [5.74, 6) is 0.314. The van der Waals surface area contributed by atoms with E-state index < -0.39 is 6.04 Å². The summed E-state index contributed by atoms with van der Waals surface area (Å²) in [7, 11) is 0. The van der Waals surface area contributed by atoms with Crippen molar-refractivity contribution in [1.82, 2.24) is 10.2 Å². The van der Waals surface area contributed by atoms with E-state index >= 15 is 0 Å². The number of amides is 2. The highest BCUT2D eigenvalue weighted by Gasteiger charge is 2.34. The lowest BCUT2D eigenvalue weighted by Gasteiger charge is -2.35. The first-order valence-corrected chi connectivity index (χ1v) is 8.77. The van der Waals surface area contributed by atoms with Crippen LogP contribution in [0.3, 0.4) is 0 Å².